The molecule has 1 aliphatic heterocycles. The van der Waals surface area contributed by atoms with E-state index in [1.165, 1.54) is 6.92 Å². The Morgan fingerprint density at radius 3 is 2.67 bits per heavy atom. The van der Waals surface area contributed by atoms with Gasteiger partial charge in [-0.3, -0.25) is 4.79 Å². The van der Waals surface area contributed by atoms with Crippen molar-refractivity contribution in [3.05, 3.63) is 30.5 Å². The first-order chi connectivity index (χ1) is 4.30. The number of Topliss-reactive ketones (excluding diaryl/α,β-unsaturated/α-hetero) is 1. The minimum atomic E-state index is 0.0654. The first kappa shape index (κ1) is 6.08. The van der Waals surface area contributed by atoms with Crippen LogP contribution >= 0.6 is 0 Å². The summed E-state index contributed by atoms with van der Waals surface area (Å²) in [7, 11) is 0. The van der Waals surface area contributed by atoms with Gasteiger partial charge in [0.2, 0.25) is 0 Å². The molecule has 0 aromatic rings. The van der Waals surface area contributed by atoms with Crippen LogP contribution in [-0.2, 0) is 4.79 Å². The zero-order valence-electron chi connectivity index (χ0n) is 5.22. The van der Waals surface area contributed by atoms with Crippen molar-refractivity contribution in [2.24, 2.45) is 0 Å². The van der Waals surface area contributed by atoms with Crippen LogP contribution < -0.4 is 5.32 Å². The highest BCUT2D eigenvalue weighted by Crippen LogP contribution is 2.02. The number of allylic oxidation sites excluding steroid dienone is 2. The standard InChI is InChI=1S/C7H8NO/c1-6(9)7-4-2-3-5-8-7/h2-5,8H,1H3. The maximum atomic E-state index is 10.6. The van der Waals surface area contributed by atoms with Crippen molar-refractivity contribution >= 4 is 5.78 Å². The molecule has 0 aromatic carbocycles. The van der Waals surface area contributed by atoms with E-state index in [-0.39, 0.29) is 5.78 Å². The van der Waals surface area contributed by atoms with Gasteiger partial charge in [0.05, 0.1) is 0 Å². The molecule has 2 heteroatoms. The Morgan fingerprint density at radius 1 is 1.56 bits per heavy atom. The Balaban J connectivity index is 2.56. The molecular weight excluding hydrogens is 114 g/mol. The van der Waals surface area contributed by atoms with Gasteiger partial charge in [-0.2, -0.15) is 0 Å². The maximum absolute atomic E-state index is 10.6. The largest absolute Gasteiger partial charge is 0.373 e. The second-order valence-corrected chi connectivity index (χ2v) is 1.83. The SMILES string of the molecule is CC(=O)[C]1C=CC=CN1. The summed E-state index contributed by atoms with van der Waals surface area (Å²) in [5.41, 5.74) is 0. The first-order valence-electron chi connectivity index (χ1n) is 2.78. The van der Waals surface area contributed by atoms with E-state index in [2.05, 4.69) is 5.32 Å². The van der Waals surface area contributed by atoms with E-state index < -0.39 is 0 Å². The molecule has 1 heterocycles. The average molecular weight is 122 g/mol. The summed E-state index contributed by atoms with van der Waals surface area (Å²) in [5, 5.41) is 2.82. The molecule has 2 nitrogen and oxygen atoms in total. The Labute approximate surface area is 54.3 Å². The lowest BCUT2D eigenvalue weighted by atomic mass is 10.1. The summed E-state index contributed by atoms with van der Waals surface area (Å²) >= 11 is 0. The molecule has 47 valence electrons. The number of nitrogens with one attached hydrogen (secondary N) is 1. The van der Waals surface area contributed by atoms with Gasteiger partial charge in [0.1, 0.15) is 6.04 Å². The Kier molecular flexibility index (Phi) is 1.68. The van der Waals surface area contributed by atoms with Crippen molar-refractivity contribution < 1.29 is 4.79 Å². The van der Waals surface area contributed by atoms with E-state index in [9.17, 15) is 4.79 Å². The molecular formula is C7H8NO. The normalized spacial score (nSPS) is 17.4. The predicted molar refractivity (Wildman–Crippen MR) is 35.3 cm³/mol. The minimum Gasteiger partial charge on any atom is -0.373 e. The van der Waals surface area contributed by atoms with Gasteiger partial charge in [-0.15, -0.1) is 0 Å². The van der Waals surface area contributed by atoms with Gasteiger partial charge < -0.3 is 5.32 Å². The molecule has 0 aromatic heterocycles. The van der Waals surface area contributed by atoms with Gasteiger partial charge in [0.15, 0.2) is 5.78 Å². The third kappa shape index (κ3) is 1.42. The van der Waals surface area contributed by atoms with E-state index in [0.29, 0.717) is 6.04 Å². The molecule has 0 amide bonds. The van der Waals surface area contributed by atoms with Crippen LogP contribution in [0.25, 0.3) is 0 Å². The summed E-state index contributed by atoms with van der Waals surface area (Å²) in [6.07, 6.45) is 7.15. The molecule has 1 aliphatic rings. The highest BCUT2D eigenvalue weighted by Gasteiger charge is 2.09. The monoisotopic (exact) mass is 122 g/mol. The molecule has 0 bridgehead atoms. The number of hydrogen-bond donors (Lipinski definition) is 1. The van der Waals surface area contributed by atoms with E-state index in [1.54, 1.807) is 12.3 Å². The molecule has 0 unspecified atom stereocenters. The van der Waals surface area contributed by atoms with Crippen LogP contribution in [0.5, 0.6) is 0 Å². The van der Waals surface area contributed by atoms with Crippen molar-refractivity contribution in [1.29, 1.82) is 0 Å². The lowest BCUT2D eigenvalue weighted by Crippen LogP contribution is -2.21. The van der Waals surface area contributed by atoms with Crippen LogP contribution in [0.2, 0.25) is 0 Å². The van der Waals surface area contributed by atoms with Crippen molar-refractivity contribution in [1.82, 2.24) is 5.32 Å². The number of hydrogen-bond acceptors (Lipinski definition) is 2. The topological polar surface area (TPSA) is 29.1 Å². The maximum Gasteiger partial charge on any atom is 0.162 e. The van der Waals surface area contributed by atoms with Crippen molar-refractivity contribution in [2.75, 3.05) is 0 Å². The third-order valence-electron chi connectivity index (χ3n) is 1.09. The molecule has 0 spiro atoms. The fourth-order valence-corrected chi connectivity index (χ4v) is 0.612. The second kappa shape index (κ2) is 2.49. The van der Waals surface area contributed by atoms with Gasteiger partial charge in [0, 0.05) is 0 Å². The summed E-state index contributed by atoms with van der Waals surface area (Å²) in [4.78, 5) is 10.6. The Hall–Kier alpha value is -1.05. The summed E-state index contributed by atoms with van der Waals surface area (Å²) in [6, 6.07) is 0.650. The van der Waals surface area contributed by atoms with Crippen LogP contribution in [-0.4, -0.2) is 5.78 Å². The van der Waals surface area contributed by atoms with E-state index in [0.717, 1.165) is 0 Å². The molecule has 1 radical (unpaired) electrons. The highest BCUT2D eigenvalue weighted by molar-refractivity contribution is 5.92. The second-order valence-electron chi connectivity index (χ2n) is 1.83. The number of carbonyl (C=O) groups excluding carboxylic acids is 1. The average Bonchev–Trinajstić information content (AvgIpc) is 1.90. The fraction of sp³-hybridized carbons (Fsp3) is 0.143. The third-order valence-corrected chi connectivity index (χ3v) is 1.09. The van der Waals surface area contributed by atoms with Crippen LogP contribution in [0.3, 0.4) is 0 Å². The molecule has 0 atom stereocenters. The van der Waals surface area contributed by atoms with E-state index >= 15 is 0 Å². The quantitative estimate of drug-likeness (QED) is 0.556. The Bertz CT molecular complexity index is 170. The van der Waals surface area contributed by atoms with Gasteiger partial charge in [-0.05, 0) is 25.3 Å². The number of ketones is 1. The van der Waals surface area contributed by atoms with Crippen LogP contribution in [0.1, 0.15) is 6.92 Å². The number of carbonyl (C=O) groups is 1. The lowest BCUT2D eigenvalue weighted by Gasteiger charge is -2.08. The Morgan fingerprint density at radius 2 is 2.33 bits per heavy atom. The van der Waals surface area contributed by atoms with E-state index in [4.69, 9.17) is 0 Å². The van der Waals surface area contributed by atoms with Gasteiger partial charge >= 0.3 is 0 Å². The van der Waals surface area contributed by atoms with Gasteiger partial charge in [0.25, 0.3) is 0 Å². The predicted octanol–water partition coefficient (Wildman–Crippen LogP) is 0.780. The zero-order valence-corrected chi connectivity index (χ0v) is 5.22. The fourth-order valence-electron chi connectivity index (χ4n) is 0.612. The molecule has 1 rings (SSSR count). The highest BCUT2D eigenvalue weighted by atomic mass is 16.1. The summed E-state index contributed by atoms with van der Waals surface area (Å²) in [6.45, 7) is 1.53. The smallest absolute Gasteiger partial charge is 0.162 e. The van der Waals surface area contributed by atoms with Crippen molar-refractivity contribution in [2.45, 2.75) is 6.92 Å². The van der Waals surface area contributed by atoms with Crippen LogP contribution in [0.15, 0.2) is 24.4 Å². The first-order valence-corrected chi connectivity index (χ1v) is 2.78. The zero-order chi connectivity index (χ0) is 6.69. The molecule has 9 heavy (non-hydrogen) atoms. The van der Waals surface area contributed by atoms with Crippen LogP contribution in [0.4, 0.5) is 0 Å². The lowest BCUT2D eigenvalue weighted by molar-refractivity contribution is -0.115. The molecule has 0 fully saturated rings. The van der Waals surface area contributed by atoms with Crippen molar-refractivity contribution in [3.63, 3.8) is 0 Å². The number of rotatable bonds is 1. The molecule has 0 saturated heterocycles. The summed E-state index contributed by atoms with van der Waals surface area (Å²) in [5.74, 6) is 0.0654. The molecule has 0 saturated carbocycles. The number of dihydropyridines is 1. The molecule has 0 aliphatic carbocycles. The van der Waals surface area contributed by atoms with Gasteiger partial charge in [-0.25, -0.2) is 0 Å². The minimum absolute atomic E-state index is 0.0654. The summed E-state index contributed by atoms with van der Waals surface area (Å²) < 4.78 is 0. The van der Waals surface area contributed by atoms with E-state index in [1.807, 2.05) is 12.2 Å². The van der Waals surface area contributed by atoms with Crippen LogP contribution in [0, 0.1) is 6.04 Å². The van der Waals surface area contributed by atoms with Crippen molar-refractivity contribution in [3.8, 4) is 0 Å². The van der Waals surface area contributed by atoms with Gasteiger partial charge in [-0.1, -0.05) is 6.08 Å². The molecule has 1 N–H and O–H groups in total.